The van der Waals surface area contributed by atoms with Gasteiger partial charge in [0, 0.05) is 19.2 Å². The molecule has 0 spiro atoms. The molecule has 1 heterocycles. The van der Waals surface area contributed by atoms with Gasteiger partial charge in [0.05, 0.1) is 24.3 Å². The van der Waals surface area contributed by atoms with Crippen LogP contribution in [0, 0.1) is 0 Å². The molecule has 0 aliphatic heterocycles. The van der Waals surface area contributed by atoms with Gasteiger partial charge in [-0.05, 0) is 55.0 Å². The molecule has 3 aromatic rings. The van der Waals surface area contributed by atoms with Crippen LogP contribution in [0.5, 0.6) is 5.75 Å². The summed E-state index contributed by atoms with van der Waals surface area (Å²) in [5.74, 6) is 1.13. The molecule has 158 valence electrons. The van der Waals surface area contributed by atoms with Crippen molar-refractivity contribution in [3.05, 3.63) is 84.3 Å². The van der Waals surface area contributed by atoms with Gasteiger partial charge >= 0.3 is 0 Å². The average Bonchev–Trinajstić information content (AvgIpc) is 3.29. The molecule has 30 heavy (non-hydrogen) atoms. The second-order valence-electron chi connectivity index (χ2n) is 6.67. The van der Waals surface area contributed by atoms with E-state index in [1.807, 2.05) is 30.3 Å². The van der Waals surface area contributed by atoms with Crippen molar-refractivity contribution in [2.24, 2.45) is 0 Å². The third-order valence-corrected chi connectivity index (χ3v) is 5.84. The molecule has 1 N–H and O–H groups in total. The van der Waals surface area contributed by atoms with Crippen LogP contribution in [0.25, 0.3) is 0 Å². The van der Waals surface area contributed by atoms with Crippen LogP contribution in [0.15, 0.2) is 82.3 Å². The van der Waals surface area contributed by atoms with Gasteiger partial charge in [0.1, 0.15) is 11.5 Å². The molecule has 1 aromatic heterocycles. The number of nitrogens with one attached hydrogen (secondary N) is 1. The van der Waals surface area contributed by atoms with Crippen molar-refractivity contribution in [1.29, 1.82) is 0 Å². The molecule has 8 heteroatoms. The Labute approximate surface area is 176 Å². The van der Waals surface area contributed by atoms with E-state index in [0.717, 1.165) is 5.75 Å². The van der Waals surface area contributed by atoms with Crippen LogP contribution in [0.4, 0.5) is 0 Å². The zero-order chi connectivity index (χ0) is 21.4. The molecule has 0 fully saturated rings. The number of hydrogen-bond acceptors (Lipinski definition) is 5. The zero-order valence-corrected chi connectivity index (χ0v) is 17.5. The van der Waals surface area contributed by atoms with Gasteiger partial charge in [-0.25, -0.2) is 13.1 Å². The quantitative estimate of drug-likeness (QED) is 0.501. The van der Waals surface area contributed by atoms with Crippen LogP contribution >= 0.6 is 0 Å². The summed E-state index contributed by atoms with van der Waals surface area (Å²) in [6, 6.07) is 18.7. The van der Waals surface area contributed by atoms with Gasteiger partial charge in [0.2, 0.25) is 10.0 Å². The fraction of sp³-hybridized carbons (Fsp3) is 0.227. The topological polar surface area (TPSA) is 88.8 Å². The molecule has 0 radical (unpaired) electrons. The first-order valence-electron chi connectivity index (χ1n) is 9.51. The minimum Gasteiger partial charge on any atom is -0.494 e. The third-order valence-electron chi connectivity index (χ3n) is 4.42. The predicted octanol–water partition coefficient (Wildman–Crippen LogP) is 3.30. The van der Waals surface area contributed by atoms with Crippen molar-refractivity contribution in [3.63, 3.8) is 0 Å². The van der Waals surface area contributed by atoms with Crippen molar-refractivity contribution < 1.29 is 22.4 Å². The Bertz CT molecular complexity index is 1030. The first-order valence-corrected chi connectivity index (χ1v) is 11.0. The molecule has 0 unspecified atom stereocenters. The molecule has 0 bridgehead atoms. The van der Waals surface area contributed by atoms with Crippen molar-refractivity contribution >= 4 is 15.9 Å². The molecule has 7 nitrogen and oxygen atoms in total. The molecule has 0 atom stereocenters. The maximum absolute atomic E-state index is 12.6. The van der Waals surface area contributed by atoms with Gasteiger partial charge in [-0.1, -0.05) is 18.2 Å². The van der Waals surface area contributed by atoms with Crippen LogP contribution in [0.2, 0.25) is 0 Å². The second kappa shape index (κ2) is 10.1. The lowest BCUT2D eigenvalue weighted by Gasteiger charge is -2.17. The predicted molar refractivity (Wildman–Crippen MR) is 113 cm³/mol. The van der Waals surface area contributed by atoms with E-state index < -0.39 is 10.0 Å². The van der Waals surface area contributed by atoms with E-state index in [1.165, 1.54) is 30.5 Å². The Morgan fingerprint density at radius 1 is 1.03 bits per heavy atom. The number of carbonyl (C=O) groups excluding carboxylic acids is 1. The third kappa shape index (κ3) is 5.95. The Morgan fingerprint density at radius 3 is 2.43 bits per heavy atom. The summed E-state index contributed by atoms with van der Waals surface area (Å²) in [5.41, 5.74) is 0.423. The monoisotopic (exact) mass is 428 g/mol. The number of rotatable bonds is 10. The van der Waals surface area contributed by atoms with E-state index in [1.54, 1.807) is 24.1 Å². The molecular formula is C22H24N2O5S. The van der Waals surface area contributed by atoms with Gasteiger partial charge in [0.25, 0.3) is 5.91 Å². The lowest BCUT2D eigenvalue weighted by atomic mass is 10.2. The van der Waals surface area contributed by atoms with Gasteiger partial charge in [-0.15, -0.1) is 0 Å². The van der Waals surface area contributed by atoms with Crippen LogP contribution < -0.4 is 9.46 Å². The molecular weight excluding hydrogens is 404 g/mol. The van der Waals surface area contributed by atoms with Crippen LogP contribution in [-0.2, 0) is 16.6 Å². The Hall–Kier alpha value is -3.10. The summed E-state index contributed by atoms with van der Waals surface area (Å²) in [6.07, 6.45) is 2.16. The van der Waals surface area contributed by atoms with E-state index in [2.05, 4.69) is 4.72 Å². The molecule has 3 rings (SSSR count). The highest BCUT2D eigenvalue weighted by molar-refractivity contribution is 7.89. The maximum Gasteiger partial charge on any atom is 0.253 e. The average molecular weight is 429 g/mol. The summed E-state index contributed by atoms with van der Waals surface area (Å²) < 4.78 is 38.0. The first kappa shape index (κ1) is 21.6. The molecule has 1 amide bonds. The molecule has 0 aliphatic carbocycles. The standard InChI is InChI=1S/C22H24N2O5S/c1-24(14-6-16-28-19-7-3-2-4-8-19)22(25)18-10-12-21(13-11-18)30(26,27)23-17-20-9-5-15-29-20/h2-5,7-13,15,23H,6,14,16-17H2,1H3. The summed E-state index contributed by atoms with van der Waals surface area (Å²) in [6.45, 7) is 1.08. The van der Waals surface area contributed by atoms with Crippen molar-refractivity contribution in [2.45, 2.75) is 17.9 Å². The van der Waals surface area contributed by atoms with Gasteiger partial charge < -0.3 is 14.1 Å². The number of ether oxygens (including phenoxy) is 1. The number of sulfonamides is 1. The minimum absolute atomic E-state index is 0.0593. The lowest BCUT2D eigenvalue weighted by molar-refractivity contribution is 0.0787. The summed E-state index contributed by atoms with van der Waals surface area (Å²) in [7, 11) is -1.99. The number of hydrogen-bond donors (Lipinski definition) is 1. The number of amides is 1. The molecule has 0 saturated heterocycles. The van der Waals surface area contributed by atoms with E-state index >= 15 is 0 Å². The highest BCUT2D eigenvalue weighted by Crippen LogP contribution is 2.13. The number of furan rings is 1. The van der Waals surface area contributed by atoms with E-state index in [-0.39, 0.29) is 17.3 Å². The van der Waals surface area contributed by atoms with Crippen LogP contribution in [0.1, 0.15) is 22.5 Å². The number of benzene rings is 2. The fourth-order valence-corrected chi connectivity index (χ4v) is 3.76. The zero-order valence-electron chi connectivity index (χ0n) is 16.7. The van der Waals surface area contributed by atoms with E-state index in [9.17, 15) is 13.2 Å². The highest BCUT2D eigenvalue weighted by atomic mass is 32.2. The first-order chi connectivity index (χ1) is 14.5. The smallest absolute Gasteiger partial charge is 0.253 e. The molecule has 0 aliphatic rings. The number of nitrogens with zero attached hydrogens (tertiary/aromatic N) is 1. The summed E-state index contributed by atoms with van der Waals surface area (Å²) in [5, 5.41) is 0. The molecule has 0 saturated carbocycles. The number of carbonyl (C=O) groups is 1. The van der Waals surface area contributed by atoms with Crippen LogP contribution in [-0.4, -0.2) is 39.4 Å². The summed E-state index contributed by atoms with van der Waals surface area (Å²) in [4.78, 5) is 14.2. The van der Waals surface area contributed by atoms with Gasteiger partial charge in [-0.3, -0.25) is 4.79 Å². The fourth-order valence-electron chi connectivity index (χ4n) is 2.77. The summed E-state index contributed by atoms with van der Waals surface area (Å²) >= 11 is 0. The van der Waals surface area contributed by atoms with Gasteiger partial charge in [-0.2, -0.15) is 0 Å². The minimum atomic E-state index is -3.69. The van der Waals surface area contributed by atoms with E-state index in [0.29, 0.717) is 30.9 Å². The Kier molecular flexibility index (Phi) is 7.26. The lowest BCUT2D eigenvalue weighted by Crippen LogP contribution is -2.29. The normalized spacial score (nSPS) is 11.2. The maximum atomic E-state index is 12.6. The van der Waals surface area contributed by atoms with Crippen molar-refractivity contribution in [2.75, 3.05) is 20.2 Å². The largest absolute Gasteiger partial charge is 0.494 e. The van der Waals surface area contributed by atoms with E-state index in [4.69, 9.17) is 9.15 Å². The van der Waals surface area contributed by atoms with Crippen LogP contribution in [0.3, 0.4) is 0 Å². The second-order valence-corrected chi connectivity index (χ2v) is 8.44. The Balaban J connectivity index is 1.49. The van der Waals surface area contributed by atoms with Crippen molar-refractivity contribution in [3.8, 4) is 5.75 Å². The van der Waals surface area contributed by atoms with Gasteiger partial charge in [0.15, 0.2) is 0 Å². The highest BCUT2D eigenvalue weighted by Gasteiger charge is 2.17. The van der Waals surface area contributed by atoms with Crippen molar-refractivity contribution in [1.82, 2.24) is 9.62 Å². The SMILES string of the molecule is CN(CCCOc1ccccc1)C(=O)c1ccc(S(=O)(=O)NCc2ccco2)cc1. The number of para-hydroxylation sites is 1. The Morgan fingerprint density at radius 2 is 1.77 bits per heavy atom. The molecule has 2 aromatic carbocycles.